The largest absolute Gasteiger partial charge is 0.350 e. The zero-order valence-corrected chi connectivity index (χ0v) is 14.4. The van der Waals surface area contributed by atoms with Crippen LogP contribution in [0.1, 0.15) is 27.0 Å². The zero-order valence-electron chi connectivity index (χ0n) is 14.4. The third kappa shape index (κ3) is 4.63. The third-order valence-electron chi connectivity index (χ3n) is 3.84. The number of carbonyl (C=O) groups excluding carboxylic acids is 1. The molecule has 26 heavy (non-hydrogen) atoms. The van der Waals surface area contributed by atoms with Gasteiger partial charge in [0.2, 0.25) is 5.95 Å². The first-order valence-corrected chi connectivity index (χ1v) is 8.25. The fraction of sp³-hybridized carbons (Fsp3) is 0.150. The molecular formula is C20H19FN4O. The van der Waals surface area contributed by atoms with Gasteiger partial charge in [0.15, 0.2) is 0 Å². The number of carbonyl (C=O) groups is 1. The molecule has 1 aromatic heterocycles. The predicted octanol–water partition coefficient (Wildman–Crippen LogP) is 3.47. The third-order valence-corrected chi connectivity index (χ3v) is 3.84. The molecule has 0 bridgehead atoms. The van der Waals surface area contributed by atoms with Gasteiger partial charge in [-0.15, -0.1) is 0 Å². The van der Waals surface area contributed by atoms with Gasteiger partial charge in [0.1, 0.15) is 5.82 Å². The molecule has 0 unspecified atom stereocenters. The lowest BCUT2D eigenvalue weighted by Crippen LogP contribution is -2.23. The standard InChI is InChI=1S/C20H19FN4O/c1-14-5-4-6-15(9-14)10-22-19(26)17-12-24-20(25-13-17)23-11-16-7-2-3-8-18(16)21/h2-9,12-13H,10-11H2,1H3,(H,22,26)(H,23,24,25). The lowest BCUT2D eigenvalue weighted by Gasteiger charge is -2.08. The lowest BCUT2D eigenvalue weighted by atomic mass is 10.1. The second-order valence-corrected chi connectivity index (χ2v) is 5.91. The molecule has 0 atom stereocenters. The van der Waals surface area contributed by atoms with Crippen LogP contribution in [0.5, 0.6) is 0 Å². The van der Waals surface area contributed by atoms with Crippen molar-refractivity contribution in [3.05, 3.63) is 89.0 Å². The van der Waals surface area contributed by atoms with Crippen molar-refractivity contribution in [2.45, 2.75) is 20.0 Å². The maximum Gasteiger partial charge on any atom is 0.254 e. The van der Waals surface area contributed by atoms with Crippen LogP contribution >= 0.6 is 0 Å². The Bertz CT molecular complexity index is 896. The molecule has 0 radical (unpaired) electrons. The van der Waals surface area contributed by atoms with Gasteiger partial charge in [-0.3, -0.25) is 4.79 Å². The Morgan fingerprint density at radius 1 is 1.04 bits per heavy atom. The Balaban J connectivity index is 1.55. The van der Waals surface area contributed by atoms with E-state index in [2.05, 4.69) is 20.6 Å². The highest BCUT2D eigenvalue weighted by molar-refractivity contribution is 5.93. The van der Waals surface area contributed by atoms with Gasteiger partial charge in [-0.2, -0.15) is 0 Å². The van der Waals surface area contributed by atoms with Gasteiger partial charge in [-0.25, -0.2) is 14.4 Å². The molecule has 0 aliphatic carbocycles. The molecule has 1 heterocycles. The SMILES string of the molecule is Cc1cccc(CNC(=O)c2cnc(NCc3ccccc3F)nc2)c1. The maximum atomic E-state index is 13.6. The number of nitrogens with zero attached hydrogens (tertiary/aromatic N) is 2. The predicted molar refractivity (Wildman–Crippen MR) is 98.1 cm³/mol. The summed E-state index contributed by atoms with van der Waals surface area (Å²) >= 11 is 0. The van der Waals surface area contributed by atoms with Gasteiger partial charge >= 0.3 is 0 Å². The molecule has 0 saturated heterocycles. The molecule has 2 N–H and O–H groups in total. The number of hydrogen-bond acceptors (Lipinski definition) is 4. The molecule has 0 aliphatic rings. The minimum absolute atomic E-state index is 0.243. The van der Waals surface area contributed by atoms with Gasteiger partial charge < -0.3 is 10.6 Å². The summed E-state index contributed by atoms with van der Waals surface area (Å²) < 4.78 is 13.6. The number of anilines is 1. The average Bonchev–Trinajstić information content (AvgIpc) is 2.66. The van der Waals surface area contributed by atoms with Crippen LogP contribution in [0.4, 0.5) is 10.3 Å². The van der Waals surface area contributed by atoms with Crippen LogP contribution in [0, 0.1) is 12.7 Å². The molecule has 0 saturated carbocycles. The Labute approximate surface area is 151 Å². The first kappa shape index (κ1) is 17.5. The molecule has 132 valence electrons. The summed E-state index contributed by atoms with van der Waals surface area (Å²) in [5.74, 6) is -0.192. The van der Waals surface area contributed by atoms with Crippen LogP contribution in [0.25, 0.3) is 0 Å². The highest BCUT2D eigenvalue weighted by atomic mass is 19.1. The number of nitrogens with one attached hydrogen (secondary N) is 2. The van der Waals surface area contributed by atoms with Gasteiger partial charge in [0, 0.05) is 31.0 Å². The van der Waals surface area contributed by atoms with Gasteiger partial charge in [-0.1, -0.05) is 48.0 Å². The molecule has 3 rings (SSSR count). The zero-order chi connectivity index (χ0) is 18.4. The van der Waals surface area contributed by atoms with E-state index in [1.54, 1.807) is 18.2 Å². The lowest BCUT2D eigenvalue weighted by molar-refractivity contribution is 0.0950. The number of rotatable bonds is 6. The minimum atomic E-state index is -0.285. The van der Waals surface area contributed by atoms with Crippen molar-refractivity contribution in [1.82, 2.24) is 15.3 Å². The first-order valence-electron chi connectivity index (χ1n) is 8.25. The summed E-state index contributed by atoms with van der Waals surface area (Å²) in [4.78, 5) is 20.4. The number of hydrogen-bond donors (Lipinski definition) is 2. The van der Waals surface area contributed by atoms with Crippen LogP contribution < -0.4 is 10.6 Å². The summed E-state index contributed by atoms with van der Waals surface area (Å²) in [5, 5.41) is 5.78. The van der Waals surface area contributed by atoms with Crippen molar-refractivity contribution in [3.63, 3.8) is 0 Å². The maximum absolute atomic E-state index is 13.6. The van der Waals surface area contributed by atoms with Crippen LogP contribution in [-0.2, 0) is 13.1 Å². The van der Waals surface area contributed by atoms with E-state index in [1.165, 1.54) is 18.5 Å². The van der Waals surface area contributed by atoms with Crippen molar-refractivity contribution in [1.29, 1.82) is 0 Å². The van der Waals surface area contributed by atoms with E-state index < -0.39 is 0 Å². The fourth-order valence-electron chi connectivity index (χ4n) is 2.46. The Kier molecular flexibility index (Phi) is 5.53. The molecule has 0 spiro atoms. The quantitative estimate of drug-likeness (QED) is 0.714. The Hall–Kier alpha value is -3.28. The van der Waals surface area contributed by atoms with E-state index in [-0.39, 0.29) is 18.3 Å². The van der Waals surface area contributed by atoms with Gasteiger partial charge in [-0.05, 0) is 18.6 Å². The van der Waals surface area contributed by atoms with E-state index in [1.807, 2.05) is 31.2 Å². The number of aromatic nitrogens is 2. The number of amides is 1. The summed E-state index contributed by atoms with van der Waals surface area (Å²) in [7, 11) is 0. The van der Waals surface area contributed by atoms with Crippen molar-refractivity contribution < 1.29 is 9.18 Å². The highest BCUT2D eigenvalue weighted by Crippen LogP contribution is 2.09. The molecule has 5 nitrogen and oxygen atoms in total. The smallest absolute Gasteiger partial charge is 0.254 e. The van der Waals surface area contributed by atoms with E-state index in [0.717, 1.165) is 11.1 Å². The van der Waals surface area contributed by atoms with Crippen molar-refractivity contribution in [3.8, 4) is 0 Å². The van der Waals surface area contributed by atoms with E-state index in [0.29, 0.717) is 23.6 Å². The summed E-state index contributed by atoms with van der Waals surface area (Å²) in [6.07, 6.45) is 2.89. The normalized spacial score (nSPS) is 10.4. The summed E-state index contributed by atoms with van der Waals surface area (Å²) in [5.41, 5.74) is 3.07. The summed E-state index contributed by atoms with van der Waals surface area (Å²) in [6, 6.07) is 14.4. The molecule has 2 aromatic carbocycles. The van der Waals surface area contributed by atoms with Gasteiger partial charge in [0.25, 0.3) is 5.91 Å². The van der Waals surface area contributed by atoms with Crippen molar-refractivity contribution in [2.24, 2.45) is 0 Å². The average molecular weight is 350 g/mol. The van der Waals surface area contributed by atoms with Crippen LogP contribution in [-0.4, -0.2) is 15.9 Å². The van der Waals surface area contributed by atoms with Crippen LogP contribution in [0.15, 0.2) is 60.9 Å². The van der Waals surface area contributed by atoms with E-state index in [9.17, 15) is 9.18 Å². The van der Waals surface area contributed by atoms with Gasteiger partial charge in [0.05, 0.1) is 5.56 Å². The topological polar surface area (TPSA) is 66.9 Å². The number of halogens is 1. The van der Waals surface area contributed by atoms with Crippen LogP contribution in [0.3, 0.4) is 0 Å². The second-order valence-electron chi connectivity index (χ2n) is 5.91. The highest BCUT2D eigenvalue weighted by Gasteiger charge is 2.08. The fourth-order valence-corrected chi connectivity index (χ4v) is 2.46. The van der Waals surface area contributed by atoms with E-state index in [4.69, 9.17) is 0 Å². The first-order chi connectivity index (χ1) is 12.6. The van der Waals surface area contributed by atoms with Crippen LogP contribution in [0.2, 0.25) is 0 Å². The number of benzene rings is 2. The summed E-state index contributed by atoms with van der Waals surface area (Å²) in [6.45, 7) is 2.71. The number of aryl methyl sites for hydroxylation is 1. The van der Waals surface area contributed by atoms with E-state index >= 15 is 0 Å². The molecule has 0 aliphatic heterocycles. The second kappa shape index (κ2) is 8.20. The molecule has 1 amide bonds. The minimum Gasteiger partial charge on any atom is -0.350 e. The monoisotopic (exact) mass is 350 g/mol. The molecule has 6 heteroatoms. The molecular weight excluding hydrogens is 331 g/mol. The molecule has 0 fully saturated rings. The van der Waals surface area contributed by atoms with Crippen molar-refractivity contribution >= 4 is 11.9 Å². The van der Waals surface area contributed by atoms with Crippen molar-refractivity contribution in [2.75, 3.05) is 5.32 Å². The Morgan fingerprint density at radius 3 is 2.54 bits per heavy atom. The Morgan fingerprint density at radius 2 is 1.81 bits per heavy atom. The molecule has 3 aromatic rings.